The normalized spacial score (nSPS) is 10.7. The Bertz CT molecular complexity index is 971. The predicted octanol–water partition coefficient (Wildman–Crippen LogP) is 4.47. The zero-order valence-corrected chi connectivity index (χ0v) is 15.9. The number of fused-ring (bicyclic) bond motifs is 1. The third-order valence-electron chi connectivity index (χ3n) is 4.43. The Kier molecular flexibility index (Phi) is 6.51. The highest BCUT2D eigenvalue weighted by Crippen LogP contribution is 2.17. The summed E-state index contributed by atoms with van der Waals surface area (Å²) in [6.45, 7) is 1.18. The molecule has 0 radical (unpaired) electrons. The molecule has 5 heteroatoms. The second-order valence-corrected chi connectivity index (χ2v) is 6.82. The van der Waals surface area contributed by atoms with Crippen LogP contribution in [0.25, 0.3) is 11.0 Å². The molecule has 2 aromatic carbocycles. The molecule has 1 N–H and O–H groups in total. The number of carbonyl (C=O) groups excluding carboxylic acids is 1. The van der Waals surface area contributed by atoms with Crippen LogP contribution < -0.4 is 5.32 Å². The number of rotatable bonds is 8. The van der Waals surface area contributed by atoms with E-state index in [-0.39, 0.29) is 5.91 Å². The summed E-state index contributed by atoms with van der Waals surface area (Å²) in [4.78, 5) is 16.8. The third-order valence-corrected chi connectivity index (χ3v) is 4.67. The van der Waals surface area contributed by atoms with Gasteiger partial charge in [-0.15, -0.1) is 6.42 Å². The summed E-state index contributed by atoms with van der Waals surface area (Å²) in [5, 5.41) is 3.50. The van der Waals surface area contributed by atoms with Crippen molar-refractivity contribution in [2.45, 2.75) is 32.2 Å². The summed E-state index contributed by atoms with van der Waals surface area (Å²) in [6, 6.07) is 15.0. The number of aromatic nitrogens is 2. The number of halogens is 1. The first kappa shape index (κ1) is 19.0. The van der Waals surface area contributed by atoms with E-state index in [9.17, 15) is 4.79 Å². The van der Waals surface area contributed by atoms with Crippen LogP contribution in [0, 0.1) is 12.3 Å². The van der Waals surface area contributed by atoms with Gasteiger partial charge in [-0.1, -0.05) is 42.1 Å². The van der Waals surface area contributed by atoms with E-state index in [1.165, 1.54) is 0 Å². The van der Waals surface area contributed by atoms with Gasteiger partial charge in [-0.25, -0.2) is 4.98 Å². The van der Waals surface area contributed by atoms with Crippen LogP contribution in [-0.4, -0.2) is 22.0 Å². The lowest BCUT2D eigenvalue weighted by Gasteiger charge is -2.07. The van der Waals surface area contributed by atoms with E-state index < -0.39 is 0 Å². The number of hydrogen-bond donors (Lipinski definition) is 1. The maximum atomic E-state index is 12.1. The van der Waals surface area contributed by atoms with E-state index in [1.54, 1.807) is 24.3 Å². The lowest BCUT2D eigenvalue weighted by Crippen LogP contribution is -2.24. The van der Waals surface area contributed by atoms with Crippen molar-refractivity contribution in [1.82, 2.24) is 14.9 Å². The molecule has 3 aromatic rings. The molecule has 0 bridgehead atoms. The van der Waals surface area contributed by atoms with Crippen LogP contribution >= 0.6 is 11.6 Å². The van der Waals surface area contributed by atoms with Crippen molar-refractivity contribution in [3.63, 3.8) is 0 Å². The summed E-state index contributed by atoms with van der Waals surface area (Å²) in [5.74, 6) is 3.65. The molecule has 0 saturated carbocycles. The Labute approximate surface area is 164 Å². The molecule has 0 aliphatic carbocycles. The quantitative estimate of drug-likeness (QED) is 0.463. The molecule has 3 rings (SSSR count). The number of benzene rings is 2. The van der Waals surface area contributed by atoms with E-state index in [2.05, 4.69) is 21.9 Å². The monoisotopic (exact) mass is 379 g/mol. The number of hydrogen-bond acceptors (Lipinski definition) is 2. The molecular formula is C22H22ClN3O. The van der Waals surface area contributed by atoms with Crippen molar-refractivity contribution in [2.24, 2.45) is 0 Å². The van der Waals surface area contributed by atoms with Crippen LogP contribution in [0.1, 0.15) is 35.4 Å². The smallest absolute Gasteiger partial charge is 0.251 e. The van der Waals surface area contributed by atoms with Gasteiger partial charge in [-0.3, -0.25) is 4.79 Å². The number of aryl methyl sites for hydroxylation is 1. The van der Waals surface area contributed by atoms with Gasteiger partial charge < -0.3 is 9.88 Å². The van der Waals surface area contributed by atoms with Crippen molar-refractivity contribution in [3.05, 3.63) is 64.9 Å². The molecule has 4 nitrogen and oxygen atoms in total. The van der Waals surface area contributed by atoms with Gasteiger partial charge in [0, 0.05) is 23.6 Å². The van der Waals surface area contributed by atoms with Gasteiger partial charge in [0.2, 0.25) is 0 Å². The van der Waals surface area contributed by atoms with E-state index in [0.717, 1.165) is 42.5 Å². The van der Waals surface area contributed by atoms with E-state index in [1.807, 2.05) is 18.2 Å². The molecule has 1 heterocycles. The molecule has 1 amide bonds. The zero-order chi connectivity index (χ0) is 19.1. The molecule has 138 valence electrons. The average Bonchev–Trinajstić information content (AvgIpc) is 3.02. The number of unbranched alkanes of at least 4 members (excludes halogenated alkanes) is 2. The standard InChI is InChI=1S/C22H22ClN3O/c1-2-15-26-20-12-6-5-11-19(20)25-21(26)13-4-3-7-14-24-22(27)17-9-8-10-18(23)16-17/h1,5-6,8-12,16H,3-4,7,13-15H2,(H,24,27). The number of para-hydroxylation sites is 2. The molecule has 0 unspecified atom stereocenters. The van der Waals surface area contributed by atoms with Crippen LogP contribution in [0.2, 0.25) is 5.02 Å². The predicted molar refractivity (Wildman–Crippen MR) is 110 cm³/mol. The number of nitrogens with one attached hydrogen (secondary N) is 1. The lowest BCUT2D eigenvalue weighted by molar-refractivity contribution is 0.0953. The van der Waals surface area contributed by atoms with E-state index in [0.29, 0.717) is 23.7 Å². The molecule has 0 aliphatic heterocycles. The van der Waals surface area contributed by atoms with Crippen LogP contribution in [0.15, 0.2) is 48.5 Å². The first-order chi connectivity index (χ1) is 13.2. The zero-order valence-electron chi connectivity index (χ0n) is 15.1. The number of terminal acetylenes is 1. The lowest BCUT2D eigenvalue weighted by atomic mass is 10.1. The van der Waals surface area contributed by atoms with Crippen molar-refractivity contribution in [1.29, 1.82) is 0 Å². The minimum absolute atomic E-state index is 0.0895. The van der Waals surface area contributed by atoms with Crippen molar-refractivity contribution in [2.75, 3.05) is 6.54 Å². The second-order valence-electron chi connectivity index (χ2n) is 6.38. The van der Waals surface area contributed by atoms with Crippen LogP contribution in [0.5, 0.6) is 0 Å². The maximum absolute atomic E-state index is 12.1. The minimum atomic E-state index is -0.0895. The van der Waals surface area contributed by atoms with Crippen LogP contribution in [0.4, 0.5) is 0 Å². The molecule has 0 fully saturated rings. The molecular weight excluding hydrogens is 358 g/mol. The Morgan fingerprint density at radius 3 is 2.81 bits per heavy atom. The van der Waals surface area contributed by atoms with Crippen LogP contribution in [0.3, 0.4) is 0 Å². The van der Waals surface area contributed by atoms with Crippen molar-refractivity contribution >= 4 is 28.5 Å². The summed E-state index contributed by atoms with van der Waals surface area (Å²) >= 11 is 5.91. The Morgan fingerprint density at radius 2 is 2.00 bits per heavy atom. The maximum Gasteiger partial charge on any atom is 0.251 e. The fraction of sp³-hybridized carbons (Fsp3) is 0.273. The fourth-order valence-electron chi connectivity index (χ4n) is 3.10. The van der Waals surface area contributed by atoms with Crippen molar-refractivity contribution < 1.29 is 4.79 Å². The number of imidazole rings is 1. The highest BCUT2D eigenvalue weighted by atomic mass is 35.5. The van der Waals surface area contributed by atoms with E-state index in [4.69, 9.17) is 23.0 Å². The van der Waals surface area contributed by atoms with Gasteiger partial charge in [0.05, 0.1) is 17.6 Å². The first-order valence-electron chi connectivity index (χ1n) is 9.10. The van der Waals surface area contributed by atoms with Gasteiger partial charge in [0.15, 0.2) is 0 Å². The topological polar surface area (TPSA) is 46.9 Å². The first-order valence-corrected chi connectivity index (χ1v) is 9.48. The number of nitrogens with zero attached hydrogens (tertiary/aromatic N) is 2. The van der Waals surface area contributed by atoms with E-state index >= 15 is 0 Å². The number of carbonyl (C=O) groups is 1. The van der Waals surface area contributed by atoms with Crippen LogP contribution in [-0.2, 0) is 13.0 Å². The Balaban J connectivity index is 1.45. The molecule has 1 aromatic heterocycles. The summed E-state index contributed by atoms with van der Waals surface area (Å²) in [5.41, 5.74) is 2.65. The third kappa shape index (κ3) is 4.90. The molecule has 0 spiro atoms. The molecule has 0 saturated heterocycles. The molecule has 0 aliphatic rings. The highest BCUT2D eigenvalue weighted by molar-refractivity contribution is 6.30. The minimum Gasteiger partial charge on any atom is -0.352 e. The molecule has 27 heavy (non-hydrogen) atoms. The van der Waals surface area contributed by atoms with Gasteiger partial charge >= 0.3 is 0 Å². The summed E-state index contributed by atoms with van der Waals surface area (Å²) < 4.78 is 2.11. The van der Waals surface area contributed by atoms with Gasteiger partial charge in [-0.2, -0.15) is 0 Å². The Hall–Kier alpha value is -2.77. The average molecular weight is 380 g/mol. The van der Waals surface area contributed by atoms with Gasteiger partial charge in [0.25, 0.3) is 5.91 Å². The fourth-order valence-corrected chi connectivity index (χ4v) is 3.29. The SMILES string of the molecule is C#CCn1c(CCCCCNC(=O)c2cccc(Cl)c2)nc2ccccc21. The largest absolute Gasteiger partial charge is 0.352 e. The Morgan fingerprint density at radius 1 is 1.15 bits per heavy atom. The summed E-state index contributed by atoms with van der Waals surface area (Å²) in [7, 11) is 0. The molecule has 0 atom stereocenters. The van der Waals surface area contributed by atoms with Gasteiger partial charge in [0.1, 0.15) is 5.82 Å². The van der Waals surface area contributed by atoms with Gasteiger partial charge in [-0.05, 0) is 43.2 Å². The summed E-state index contributed by atoms with van der Waals surface area (Å²) in [6.07, 6.45) is 9.31. The highest BCUT2D eigenvalue weighted by Gasteiger charge is 2.09. The second kappa shape index (κ2) is 9.25. The van der Waals surface area contributed by atoms with Crippen molar-refractivity contribution in [3.8, 4) is 12.3 Å². The number of amides is 1.